The number of fused-ring (bicyclic) bond motifs is 1. The normalized spacial score (nSPS) is 20.2. The molecular formula is C24H26ClFN2O4. The maximum absolute atomic E-state index is 13.8. The summed E-state index contributed by atoms with van der Waals surface area (Å²) >= 11 is 6.11. The van der Waals surface area contributed by atoms with Crippen molar-refractivity contribution in [1.82, 2.24) is 10.2 Å². The first-order chi connectivity index (χ1) is 15.4. The largest absolute Gasteiger partial charge is 0.494 e. The number of rotatable bonds is 6. The lowest BCUT2D eigenvalue weighted by Gasteiger charge is -2.30. The van der Waals surface area contributed by atoms with Crippen molar-refractivity contribution in [3.63, 3.8) is 0 Å². The van der Waals surface area contributed by atoms with Gasteiger partial charge in [-0.05, 0) is 55.2 Å². The number of benzene rings is 2. The predicted molar refractivity (Wildman–Crippen MR) is 118 cm³/mol. The molecule has 32 heavy (non-hydrogen) atoms. The summed E-state index contributed by atoms with van der Waals surface area (Å²) < 4.78 is 24.6. The molecule has 1 fully saturated rings. The topological polar surface area (TPSA) is 67.9 Å². The first-order valence-electron chi connectivity index (χ1n) is 10.7. The lowest BCUT2D eigenvalue weighted by Crippen LogP contribution is -2.45. The molecule has 0 spiro atoms. The summed E-state index contributed by atoms with van der Waals surface area (Å²) in [4.78, 5) is 26.9. The molecule has 2 aromatic carbocycles. The predicted octanol–water partition coefficient (Wildman–Crippen LogP) is 3.88. The maximum Gasteiger partial charge on any atom is 0.223 e. The second kappa shape index (κ2) is 9.36. The number of hydrogen-bond acceptors (Lipinski definition) is 4. The Morgan fingerprint density at radius 1 is 1.31 bits per heavy atom. The van der Waals surface area contributed by atoms with Crippen molar-refractivity contribution in [2.75, 3.05) is 20.3 Å². The fourth-order valence-corrected chi connectivity index (χ4v) is 4.66. The van der Waals surface area contributed by atoms with E-state index >= 15 is 0 Å². The minimum Gasteiger partial charge on any atom is -0.494 e. The van der Waals surface area contributed by atoms with Crippen LogP contribution in [-0.4, -0.2) is 42.5 Å². The summed E-state index contributed by atoms with van der Waals surface area (Å²) in [6, 6.07) is 10.1. The number of nitrogens with zero attached hydrogens (tertiary/aromatic N) is 1. The Labute approximate surface area is 191 Å². The lowest BCUT2D eigenvalue weighted by atomic mass is 9.84. The molecule has 0 unspecified atom stereocenters. The molecule has 0 aliphatic carbocycles. The number of halogens is 2. The van der Waals surface area contributed by atoms with Crippen LogP contribution >= 0.6 is 11.6 Å². The second-order valence-electron chi connectivity index (χ2n) is 8.39. The van der Waals surface area contributed by atoms with Gasteiger partial charge in [-0.3, -0.25) is 9.59 Å². The zero-order valence-corrected chi connectivity index (χ0v) is 18.7. The highest BCUT2D eigenvalue weighted by molar-refractivity contribution is 6.30. The molecule has 0 aromatic heterocycles. The second-order valence-corrected chi connectivity index (χ2v) is 8.83. The van der Waals surface area contributed by atoms with Gasteiger partial charge in [-0.2, -0.15) is 0 Å². The van der Waals surface area contributed by atoms with Gasteiger partial charge in [0.15, 0.2) is 11.6 Å². The van der Waals surface area contributed by atoms with Gasteiger partial charge < -0.3 is 19.7 Å². The van der Waals surface area contributed by atoms with Crippen LogP contribution in [0.25, 0.3) is 0 Å². The van der Waals surface area contributed by atoms with Crippen LogP contribution in [0, 0.1) is 5.82 Å². The third kappa shape index (κ3) is 4.99. The Morgan fingerprint density at radius 2 is 2.16 bits per heavy atom. The summed E-state index contributed by atoms with van der Waals surface area (Å²) in [6.07, 6.45) is 2.33. The van der Waals surface area contributed by atoms with Gasteiger partial charge in [-0.25, -0.2) is 4.39 Å². The molecule has 0 saturated carbocycles. The Bertz CT molecular complexity index is 1030. The summed E-state index contributed by atoms with van der Waals surface area (Å²) in [5, 5.41) is 3.68. The molecule has 2 amide bonds. The number of methoxy groups -OCH3 is 1. The molecular weight excluding hydrogens is 435 g/mol. The molecule has 4 rings (SSSR count). The number of carbonyl (C=O) groups excluding carboxylic acids is 2. The lowest BCUT2D eigenvalue weighted by molar-refractivity contribution is -0.132. The third-order valence-electron chi connectivity index (χ3n) is 6.17. The van der Waals surface area contributed by atoms with E-state index in [-0.39, 0.29) is 24.0 Å². The molecule has 2 aromatic rings. The third-order valence-corrected chi connectivity index (χ3v) is 6.40. The van der Waals surface area contributed by atoms with Crippen molar-refractivity contribution in [2.24, 2.45) is 0 Å². The molecule has 0 bridgehead atoms. The highest BCUT2D eigenvalue weighted by Gasteiger charge is 2.38. The fraction of sp³-hybridized carbons (Fsp3) is 0.417. The van der Waals surface area contributed by atoms with E-state index in [0.29, 0.717) is 50.4 Å². The summed E-state index contributed by atoms with van der Waals surface area (Å²) in [7, 11) is 1.42. The van der Waals surface area contributed by atoms with Crippen molar-refractivity contribution >= 4 is 23.4 Å². The van der Waals surface area contributed by atoms with Crippen molar-refractivity contribution in [3.05, 3.63) is 58.4 Å². The summed E-state index contributed by atoms with van der Waals surface area (Å²) in [6.45, 7) is 1.33. The van der Waals surface area contributed by atoms with Gasteiger partial charge in [0.2, 0.25) is 11.8 Å². The summed E-state index contributed by atoms with van der Waals surface area (Å²) in [5.74, 6) is 0.450. The Morgan fingerprint density at radius 3 is 2.91 bits per heavy atom. The average molecular weight is 461 g/mol. The molecule has 1 atom stereocenters. The number of ether oxygens (including phenoxy) is 2. The molecule has 2 heterocycles. The van der Waals surface area contributed by atoms with E-state index in [4.69, 9.17) is 21.1 Å². The zero-order chi connectivity index (χ0) is 22.7. The van der Waals surface area contributed by atoms with Gasteiger partial charge in [0.25, 0.3) is 0 Å². The van der Waals surface area contributed by atoms with E-state index in [1.165, 1.54) is 13.2 Å². The molecule has 1 saturated heterocycles. The van der Waals surface area contributed by atoms with Gasteiger partial charge in [0.1, 0.15) is 12.4 Å². The smallest absolute Gasteiger partial charge is 0.223 e. The van der Waals surface area contributed by atoms with E-state index in [1.54, 1.807) is 23.1 Å². The van der Waals surface area contributed by atoms with Gasteiger partial charge in [0, 0.05) is 35.5 Å². The van der Waals surface area contributed by atoms with Gasteiger partial charge >= 0.3 is 0 Å². The molecule has 170 valence electrons. The highest BCUT2D eigenvalue weighted by Crippen LogP contribution is 2.32. The maximum atomic E-state index is 13.8. The SMILES string of the molecule is COc1cc(C[C@]2(CCC(=O)N3CCOc4ccc(Cl)cc4C3)CCC(=O)N2)ccc1F. The highest BCUT2D eigenvalue weighted by atomic mass is 35.5. The van der Waals surface area contributed by atoms with Crippen LogP contribution in [0.4, 0.5) is 4.39 Å². The molecule has 2 aliphatic heterocycles. The van der Waals surface area contributed by atoms with E-state index in [9.17, 15) is 14.0 Å². The number of amides is 2. The van der Waals surface area contributed by atoms with Crippen LogP contribution in [0.5, 0.6) is 11.5 Å². The zero-order valence-electron chi connectivity index (χ0n) is 18.0. The van der Waals surface area contributed by atoms with Crippen LogP contribution in [0.15, 0.2) is 36.4 Å². The molecule has 0 radical (unpaired) electrons. The van der Waals surface area contributed by atoms with Crippen LogP contribution < -0.4 is 14.8 Å². The molecule has 6 nitrogen and oxygen atoms in total. The Balaban J connectivity index is 1.45. The summed E-state index contributed by atoms with van der Waals surface area (Å²) in [5.41, 5.74) is 1.19. The molecule has 8 heteroatoms. The number of nitrogens with one attached hydrogen (secondary N) is 1. The van der Waals surface area contributed by atoms with E-state index in [2.05, 4.69) is 5.32 Å². The van der Waals surface area contributed by atoms with Gasteiger partial charge in [-0.15, -0.1) is 0 Å². The molecule has 1 N–H and O–H groups in total. The minimum atomic E-state index is -0.543. The standard InChI is InChI=1S/C24H26ClFN2O4/c1-31-21-12-16(2-4-19(21)26)14-24(8-6-22(29)27-24)9-7-23(30)28-10-11-32-20-5-3-18(25)13-17(20)15-28/h2-5,12-13H,6-11,14-15H2,1H3,(H,27,29)/t24-/m1/s1. The Hall–Kier alpha value is -2.80. The van der Waals surface area contributed by atoms with E-state index in [1.807, 2.05) is 12.1 Å². The van der Waals surface area contributed by atoms with Crippen molar-refractivity contribution in [2.45, 2.75) is 44.2 Å². The van der Waals surface area contributed by atoms with E-state index < -0.39 is 11.4 Å². The van der Waals surface area contributed by atoms with Crippen LogP contribution in [0.2, 0.25) is 5.02 Å². The van der Waals surface area contributed by atoms with Crippen molar-refractivity contribution < 1.29 is 23.5 Å². The number of carbonyl (C=O) groups is 2. The van der Waals surface area contributed by atoms with Gasteiger partial charge in [-0.1, -0.05) is 17.7 Å². The minimum absolute atomic E-state index is 0.00126. The van der Waals surface area contributed by atoms with Crippen molar-refractivity contribution in [1.29, 1.82) is 0 Å². The number of hydrogen-bond donors (Lipinski definition) is 1. The van der Waals surface area contributed by atoms with Gasteiger partial charge in [0.05, 0.1) is 13.7 Å². The molecule has 2 aliphatic rings. The Kier molecular flexibility index (Phi) is 6.55. The van der Waals surface area contributed by atoms with Crippen LogP contribution in [0.1, 0.15) is 36.8 Å². The van der Waals surface area contributed by atoms with Crippen LogP contribution in [0.3, 0.4) is 0 Å². The quantitative estimate of drug-likeness (QED) is 0.710. The van der Waals surface area contributed by atoms with Crippen LogP contribution in [-0.2, 0) is 22.6 Å². The van der Waals surface area contributed by atoms with Crippen molar-refractivity contribution in [3.8, 4) is 11.5 Å². The van der Waals surface area contributed by atoms with E-state index in [0.717, 1.165) is 16.9 Å². The average Bonchev–Trinajstić information content (AvgIpc) is 3.00. The first-order valence-corrected chi connectivity index (χ1v) is 11.1. The monoisotopic (exact) mass is 460 g/mol. The first kappa shape index (κ1) is 22.4. The fourth-order valence-electron chi connectivity index (χ4n) is 4.47.